The average molecular weight is 515 g/mol. The molecule has 0 saturated carbocycles. The molecule has 4 aromatic rings. The highest BCUT2D eigenvalue weighted by molar-refractivity contribution is 5.82. The third-order valence-electron chi connectivity index (χ3n) is 6.58. The maximum atomic E-state index is 14.3. The number of nitrogens with two attached hydrogens (primary N) is 1. The van der Waals surface area contributed by atoms with Crippen molar-refractivity contribution in [3.63, 3.8) is 0 Å². The van der Waals surface area contributed by atoms with Crippen molar-refractivity contribution >= 4 is 16.6 Å². The molecule has 1 aromatic carbocycles. The Morgan fingerprint density at radius 2 is 1.92 bits per heavy atom. The summed E-state index contributed by atoms with van der Waals surface area (Å²) >= 11 is 0. The topological polar surface area (TPSA) is 90.8 Å². The zero-order chi connectivity index (χ0) is 26.4. The Kier molecular flexibility index (Phi) is 6.55. The standard InChI is InChI=1S/C26H29F3N6O2/c1-16(14-36-3)37-19-7-4-17-5-8-20(31-21(17)12-19)24-33-32-22-9-6-18(13-35(22)24)23(26(27,28)29)34-11-10-25(2,30)15-34/h4-9,12-13,16,23H,10-11,14-15,30H2,1-3H3/t16?,23-,25?/m0/s1. The molecule has 4 heterocycles. The number of ether oxygens (including phenoxy) is 2. The van der Waals surface area contributed by atoms with Gasteiger partial charge in [-0.05, 0) is 50.1 Å². The minimum absolute atomic E-state index is 0.0994. The molecule has 5 rings (SSSR count). The van der Waals surface area contributed by atoms with E-state index in [1.807, 2.05) is 31.2 Å². The van der Waals surface area contributed by atoms with Gasteiger partial charge >= 0.3 is 6.18 Å². The van der Waals surface area contributed by atoms with Crippen molar-refractivity contribution in [3.8, 4) is 17.3 Å². The molecule has 0 aliphatic carbocycles. The summed E-state index contributed by atoms with van der Waals surface area (Å²) in [4.78, 5) is 6.11. The number of rotatable bonds is 7. The molecular formula is C26H29F3N6O2. The van der Waals surface area contributed by atoms with Gasteiger partial charge in [-0.15, -0.1) is 10.2 Å². The van der Waals surface area contributed by atoms with E-state index >= 15 is 0 Å². The molecule has 196 valence electrons. The molecule has 1 fully saturated rings. The van der Waals surface area contributed by atoms with Gasteiger partial charge in [-0.3, -0.25) is 9.30 Å². The molecule has 0 radical (unpaired) electrons. The van der Waals surface area contributed by atoms with Crippen molar-refractivity contribution in [2.24, 2.45) is 5.73 Å². The van der Waals surface area contributed by atoms with Gasteiger partial charge in [0.05, 0.1) is 12.1 Å². The fraction of sp³-hybridized carbons (Fsp3) is 0.423. The Labute approximate surface area is 212 Å². The number of pyridine rings is 2. The van der Waals surface area contributed by atoms with E-state index in [2.05, 4.69) is 10.2 Å². The van der Waals surface area contributed by atoms with Crippen LogP contribution in [0.2, 0.25) is 0 Å². The monoisotopic (exact) mass is 514 g/mol. The number of hydrogen-bond acceptors (Lipinski definition) is 7. The summed E-state index contributed by atoms with van der Waals surface area (Å²) in [5.41, 5.74) is 7.16. The Hall–Kier alpha value is -3.28. The first kappa shape index (κ1) is 25.4. The van der Waals surface area contributed by atoms with Gasteiger partial charge in [-0.25, -0.2) is 4.98 Å². The number of nitrogens with zero attached hydrogens (tertiary/aromatic N) is 5. The van der Waals surface area contributed by atoms with Crippen LogP contribution in [-0.2, 0) is 4.74 Å². The van der Waals surface area contributed by atoms with E-state index in [1.54, 1.807) is 30.6 Å². The molecule has 11 heteroatoms. The molecule has 0 bridgehead atoms. The average Bonchev–Trinajstić information content (AvgIpc) is 3.40. The fourth-order valence-electron chi connectivity index (χ4n) is 4.89. The Morgan fingerprint density at radius 1 is 1.14 bits per heavy atom. The largest absolute Gasteiger partial charge is 0.488 e. The fourth-order valence-corrected chi connectivity index (χ4v) is 4.89. The summed E-state index contributed by atoms with van der Waals surface area (Å²) in [6.45, 7) is 4.55. The van der Waals surface area contributed by atoms with Gasteiger partial charge in [0.25, 0.3) is 0 Å². The lowest BCUT2D eigenvalue weighted by atomic mass is 10.0. The van der Waals surface area contributed by atoms with Gasteiger partial charge in [0.1, 0.15) is 23.6 Å². The molecule has 3 atom stereocenters. The molecular weight excluding hydrogens is 485 g/mol. The molecule has 1 aliphatic rings. The molecule has 2 unspecified atom stereocenters. The second-order valence-corrected chi connectivity index (χ2v) is 9.97. The predicted octanol–water partition coefficient (Wildman–Crippen LogP) is 4.38. The van der Waals surface area contributed by atoms with Gasteiger partial charge < -0.3 is 15.2 Å². The second kappa shape index (κ2) is 9.55. The van der Waals surface area contributed by atoms with Gasteiger partial charge in [0.2, 0.25) is 0 Å². The molecule has 0 spiro atoms. The Morgan fingerprint density at radius 3 is 2.62 bits per heavy atom. The van der Waals surface area contributed by atoms with Crippen LogP contribution < -0.4 is 10.5 Å². The van der Waals surface area contributed by atoms with E-state index < -0.39 is 17.8 Å². The molecule has 37 heavy (non-hydrogen) atoms. The molecule has 8 nitrogen and oxygen atoms in total. The van der Waals surface area contributed by atoms with Gasteiger partial charge in [-0.1, -0.05) is 12.1 Å². The molecule has 3 aromatic heterocycles. The lowest BCUT2D eigenvalue weighted by Gasteiger charge is -2.31. The summed E-state index contributed by atoms with van der Waals surface area (Å²) in [7, 11) is 1.61. The van der Waals surface area contributed by atoms with E-state index in [9.17, 15) is 13.2 Å². The van der Waals surface area contributed by atoms with Crippen molar-refractivity contribution in [2.45, 2.75) is 44.1 Å². The van der Waals surface area contributed by atoms with Crippen molar-refractivity contribution in [1.82, 2.24) is 24.5 Å². The minimum Gasteiger partial charge on any atom is -0.488 e. The van der Waals surface area contributed by atoms with Crippen LogP contribution in [0.3, 0.4) is 0 Å². The Bertz CT molecular complexity index is 1420. The molecule has 2 N–H and O–H groups in total. The summed E-state index contributed by atoms with van der Waals surface area (Å²) < 4.78 is 55.3. The van der Waals surface area contributed by atoms with Crippen molar-refractivity contribution < 1.29 is 22.6 Å². The highest BCUT2D eigenvalue weighted by Gasteiger charge is 2.48. The predicted molar refractivity (Wildman–Crippen MR) is 133 cm³/mol. The van der Waals surface area contributed by atoms with Crippen LogP contribution in [0.25, 0.3) is 28.1 Å². The Balaban J connectivity index is 1.52. The number of benzene rings is 1. The molecule has 1 saturated heterocycles. The molecule has 1 aliphatic heterocycles. The number of likely N-dealkylation sites (tertiary alicyclic amines) is 1. The lowest BCUT2D eigenvalue weighted by molar-refractivity contribution is -0.184. The van der Waals surface area contributed by atoms with Crippen LogP contribution in [0.15, 0.2) is 48.7 Å². The zero-order valence-electron chi connectivity index (χ0n) is 20.9. The first-order valence-corrected chi connectivity index (χ1v) is 12.1. The van der Waals surface area contributed by atoms with Crippen molar-refractivity contribution in [2.75, 3.05) is 26.8 Å². The summed E-state index contributed by atoms with van der Waals surface area (Å²) in [5.74, 6) is 0.990. The van der Waals surface area contributed by atoms with E-state index in [1.165, 1.54) is 17.2 Å². The van der Waals surface area contributed by atoms with Crippen molar-refractivity contribution in [3.05, 3.63) is 54.2 Å². The highest BCUT2D eigenvalue weighted by atomic mass is 19.4. The first-order valence-electron chi connectivity index (χ1n) is 12.1. The third-order valence-corrected chi connectivity index (χ3v) is 6.58. The number of methoxy groups -OCH3 is 1. The highest BCUT2D eigenvalue weighted by Crippen LogP contribution is 2.41. The van der Waals surface area contributed by atoms with Crippen LogP contribution in [-0.4, -0.2) is 69.1 Å². The summed E-state index contributed by atoms with van der Waals surface area (Å²) in [6.07, 6.45) is -2.66. The van der Waals surface area contributed by atoms with Crippen LogP contribution >= 0.6 is 0 Å². The normalized spacial score (nSPS) is 20.5. The second-order valence-electron chi connectivity index (χ2n) is 9.97. The van der Waals surface area contributed by atoms with E-state index in [0.717, 1.165) is 5.39 Å². The number of alkyl halides is 3. The van der Waals surface area contributed by atoms with Crippen LogP contribution in [0, 0.1) is 0 Å². The third kappa shape index (κ3) is 5.25. The number of aromatic nitrogens is 4. The maximum Gasteiger partial charge on any atom is 0.408 e. The summed E-state index contributed by atoms with van der Waals surface area (Å²) in [5, 5.41) is 9.28. The number of hydrogen-bond donors (Lipinski definition) is 1. The van der Waals surface area contributed by atoms with E-state index in [-0.39, 0.29) is 24.8 Å². The lowest BCUT2D eigenvalue weighted by Crippen LogP contribution is -2.43. The van der Waals surface area contributed by atoms with Crippen LogP contribution in [0.1, 0.15) is 31.9 Å². The van der Waals surface area contributed by atoms with Gasteiger partial charge in [0, 0.05) is 43.4 Å². The van der Waals surface area contributed by atoms with E-state index in [0.29, 0.717) is 41.5 Å². The van der Waals surface area contributed by atoms with Crippen LogP contribution in [0.5, 0.6) is 5.75 Å². The summed E-state index contributed by atoms with van der Waals surface area (Å²) in [6, 6.07) is 10.5. The maximum absolute atomic E-state index is 14.3. The quantitative estimate of drug-likeness (QED) is 0.391. The number of fused-ring (bicyclic) bond motifs is 2. The van der Waals surface area contributed by atoms with Crippen LogP contribution in [0.4, 0.5) is 13.2 Å². The smallest absolute Gasteiger partial charge is 0.408 e. The molecule has 0 amide bonds. The van der Waals surface area contributed by atoms with Gasteiger partial charge in [0.15, 0.2) is 11.5 Å². The number of halogens is 3. The van der Waals surface area contributed by atoms with E-state index in [4.69, 9.17) is 20.2 Å². The van der Waals surface area contributed by atoms with Crippen molar-refractivity contribution in [1.29, 1.82) is 0 Å². The minimum atomic E-state index is -4.47. The first-order chi connectivity index (χ1) is 17.5. The SMILES string of the molecule is COCC(C)Oc1ccc2ccc(-c3nnc4ccc([C@H](N5CCC(C)(N)C5)C(F)(F)F)cn34)nc2c1. The zero-order valence-corrected chi connectivity index (χ0v) is 20.9. The van der Waals surface area contributed by atoms with Gasteiger partial charge in [-0.2, -0.15) is 13.2 Å².